The van der Waals surface area contributed by atoms with Crippen molar-refractivity contribution in [1.29, 1.82) is 5.41 Å². The number of rotatable bonds is 4. The molecule has 3 N–H and O–H groups in total. The van der Waals surface area contributed by atoms with Crippen molar-refractivity contribution >= 4 is 29.2 Å². The second-order valence-corrected chi connectivity index (χ2v) is 5.99. The van der Waals surface area contributed by atoms with Gasteiger partial charge >= 0.3 is 0 Å². The number of nitrogens with two attached hydrogens (primary N) is 1. The molecule has 0 radical (unpaired) electrons. The molecule has 1 aromatic carbocycles. The van der Waals surface area contributed by atoms with Gasteiger partial charge < -0.3 is 5.73 Å². The highest BCUT2D eigenvalue weighted by molar-refractivity contribution is 7.99. The fourth-order valence-electron chi connectivity index (χ4n) is 2.17. The molecule has 0 bridgehead atoms. The second kappa shape index (κ2) is 5.78. The van der Waals surface area contributed by atoms with Gasteiger partial charge in [-0.05, 0) is 30.9 Å². The van der Waals surface area contributed by atoms with E-state index < -0.39 is 0 Å². The van der Waals surface area contributed by atoms with Crippen molar-refractivity contribution in [3.05, 3.63) is 28.8 Å². The minimum atomic E-state index is 0.0687. The summed E-state index contributed by atoms with van der Waals surface area (Å²) in [6.07, 6.45) is 5.47. The first-order valence-corrected chi connectivity index (χ1v) is 7.30. The third-order valence-corrected chi connectivity index (χ3v) is 4.92. The van der Waals surface area contributed by atoms with Gasteiger partial charge in [0.25, 0.3) is 0 Å². The van der Waals surface area contributed by atoms with Crippen LogP contribution < -0.4 is 5.73 Å². The van der Waals surface area contributed by atoms with E-state index in [1.807, 2.05) is 23.9 Å². The number of amidine groups is 1. The molecule has 0 spiro atoms. The van der Waals surface area contributed by atoms with Crippen LogP contribution in [0.4, 0.5) is 0 Å². The minimum Gasteiger partial charge on any atom is -0.384 e. The molecule has 2 rings (SSSR count). The topological polar surface area (TPSA) is 49.9 Å². The molecule has 1 aliphatic carbocycles. The first-order chi connectivity index (χ1) is 8.16. The van der Waals surface area contributed by atoms with Crippen LogP contribution in [0, 0.1) is 11.3 Å². The van der Waals surface area contributed by atoms with Crippen molar-refractivity contribution in [2.24, 2.45) is 11.7 Å². The highest BCUT2D eigenvalue weighted by atomic mass is 35.5. The fraction of sp³-hybridized carbons (Fsp3) is 0.462. The van der Waals surface area contributed by atoms with E-state index in [-0.39, 0.29) is 5.84 Å². The smallest absolute Gasteiger partial charge is 0.122 e. The van der Waals surface area contributed by atoms with Crippen molar-refractivity contribution in [2.75, 3.05) is 5.75 Å². The fourth-order valence-corrected chi connectivity index (χ4v) is 3.62. The summed E-state index contributed by atoms with van der Waals surface area (Å²) in [4.78, 5) is 1.10. The summed E-state index contributed by atoms with van der Waals surface area (Å²) in [6, 6.07) is 5.62. The predicted molar refractivity (Wildman–Crippen MR) is 75.2 cm³/mol. The minimum absolute atomic E-state index is 0.0687. The maximum atomic E-state index is 7.35. The van der Waals surface area contributed by atoms with E-state index in [9.17, 15) is 0 Å². The highest BCUT2D eigenvalue weighted by Gasteiger charge is 2.15. The van der Waals surface area contributed by atoms with E-state index in [1.165, 1.54) is 25.7 Å². The van der Waals surface area contributed by atoms with Gasteiger partial charge in [-0.15, -0.1) is 11.8 Å². The lowest BCUT2D eigenvalue weighted by atomic mass is 10.1. The molecule has 1 aliphatic rings. The van der Waals surface area contributed by atoms with Crippen molar-refractivity contribution in [2.45, 2.75) is 30.6 Å². The van der Waals surface area contributed by atoms with Gasteiger partial charge in [0.15, 0.2) is 0 Å². The third kappa shape index (κ3) is 3.39. The number of halogens is 1. The summed E-state index contributed by atoms with van der Waals surface area (Å²) >= 11 is 8.01. The van der Waals surface area contributed by atoms with Crippen LogP contribution in [0.25, 0.3) is 0 Å². The summed E-state index contributed by atoms with van der Waals surface area (Å²) in [5, 5.41) is 8.06. The molecule has 0 aromatic heterocycles. The van der Waals surface area contributed by atoms with E-state index in [1.54, 1.807) is 6.07 Å². The number of hydrogen-bond donors (Lipinski definition) is 2. The molecule has 0 saturated heterocycles. The van der Waals surface area contributed by atoms with Crippen molar-refractivity contribution in [3.8, 4) is 0 Å². The average molecular weight is 269 g/mol. The van der Waals surface area contributed by atoms with Crippen LogP contribution >= 0.6 is 23.4 Å². The molecule has 1 saturated carbocycles. The Morgan fingerprint density at radius 3 is 2.71 bits per heavy atom. The van der Waals surface area contributed by atoms with Crippen molar-refractivity contribution in [3.63, 3.8) is 0 Å². The van der Waals surface area contributed by atoms with Crippen molar-refractivity contribution < 1.29 is 0 Å². The zero-order valence-corrected chi connectivity index (χ0v) is 11.3. The average Bonchev–Trinajstić information content (AvgIpc) is 2.80. The molecule has 0 aliphatic heterocycles. The van der Waals surface area contributed by atoms with Gasteiger partial charge in [-0.1, -0.05) is 30.5 Å². The van der Waals surface area contributed by atoms with E-state index in [0.29, 0.717) is 10.6 Å². The summed E-state index contributed by atoms with van der Waals surface area (Å²) in [5.74, 6) is 2.07. The molecule has 17 heavy (non-hydrogen) atoms. The molecule has 0 heterocycles. The lowest BCUT2D eigenvalue weighted by Crippen LogP contribution is -2.10. The quantitative estimate of drug-likeness (QED) is 0.494. The Kier molecular flexibility index (Phi) is 4.35. The van der Waals surface area contributed by atoms with Crippen molar-refractivity contribution in [1.82, 2.24) is 0 Å². The molecule has 0 unspecified atom stereocenters. The molecule has 0 amide bonds. The zero-order chi connectivity index (χ0) is 12.3. The van der Waals surface area contributed by atoms with Crippen LogP contribution in [-0.4, -0.2) is 11.6 Å². The molecule has 92 valence electrons. The standard InChI is InChI=1S/C13H17ClN2S/c14-11-7-10(13(15)16)5-6-12(11)17-8-9-3-1-2-4-9/h5-7,9H,1-4,8H2,(H3,15,16). The third-order valence-electron chi connectivity index (χ3n) is 3.19. The van der Waals surface area contributed by atoms with Crippen LogP contribution in [0.1, 0.15) is 31.2 Å². The number of hydrogen-bond acceptors (Lipinski definition) is 2. The summed E-state index contributed by atoms with van der Waals surface area (Å²) in [5.41, 5.74) is 6.12. The Morgan fingerprint density at radius 2 is 2.12 bits per heavy atom. The normalized spacial score (nSPS) is 16.3. The van der Waals surface area contributed by atoms with Crippen LogP contribution in [0.2, 0.25) is 5.02 Å². The van der Waals surface area contributed by atoms with Gasteiger partial charge in [-0.2, -0.15) is 0 Å². The largest absolute Gasteiger partial charge is 0.384 e. The Morgan fingerprint density at radius 1 is 1.41 bits per heavy atom. The first-order valence-electron chi connectivity index (χ1n) is 5.93. The Bertz CT molecular complexity index is 414. The van der Waals surface area contributed by atoms with E-state index in [4.69, 9.17) is 22.7 Å². The van der Waals surface area contributed by atoms with Crippen LogP contribution in [0.3, 0.4) is 0 Å². The predicted octanol–water partition coefficient (Wildman–Crippen LogP) is 3.91. The Hall–Kier alpha value is -0.670. The van der Waals surface area contributed by atoms with Crippen LogP contribution in [-0.2, 0) is 0 Å². The van der Waals surface area contributed by atoms with Gasteiger partial charge in [-0.25, -0.2) is 0 Å². The zero-order valence-electron chi connectivity index (χ0n) is 9.71. The van der Waals surface area contributed by atoms with Gasteiger partial charge in [0, 0.05) is 16.2 Å². The maximum Gasteiger partial charge on any atom is 0.122 e. The Balaban J connectivity index is 1.98. The van der Waals surface area contributed by atoms with Gasteiger partial charge in [0.2, 0.25) is 0 Å². The Labute approximate surface area is 111 Å². The summed E-state index contributed by atoms with van der Waals surface area (Å²) < 4.78 is 0. The van der Waals surface area contributed by atoms with E-state index >= 15 is 0 Å². The highest BCUT2D eigenvalue weighted by Crippen LogP contribution is 2.34. The lowest BCUT2D eigenvalue weighted by Gasteiger charge is -2.10. The monoisotopic (exact) mass is 268 g/mol. The molecule has 0 atom stereocenters. The van der Waals surface area contributed by atoms with Crippen LogP contribution in [0.5, 0.6) is 0 Å². The number of nitrogens with one attached hydrogen (secondary N) is 1. The van der Waals surface area contributed by atoms with Gasteiger partial charge in [0.1, 0.15) is 5.84 Å². The lowest BCUT2D eigenvalue weighted by molar-refractivity contribution is 0.623. The van der Waals surface area contributed by atoms with Gasteiger partial charge in [-0.3, -0.25) is 5.41 Å². The molecule has 1 aromatic rings. The molecule has 4 heteroatoms. The SMILES string of the molecule is N=C(N)c1ccc(SCC2CCCC2)c(Cl)c1. The van der Waals surface area contributed by atoms with Crippen LogP contribution in [0.15, 0.2) is 23.1 Å². The molecule has 1 fully saturated rings. The summed E-state index contributed by atoms with van der Waals surface area (Å²) in [7, 11) is 0. The molecular formula is C13H17ClN2S. The molecule has 2 nitrogen and oxygen atoms in total. The first kappa shape index (κ1) is 12.8. The maximum absolute atomic E-state index is 7.35. The van der Waals surface area contributed by atoms with E-state index in [2.05, 4.69) is 0 Å². The number of benzene rings is 1. The van der Waals surface area contributed by atoms with Gasteiger partial charge in [0.05, 0.1) is 5.02 Å². The number of thioether (sulfide) groups is 1. The number of nitrogen functional groups attached to an aromatic ring is 1. The molecular weight excluding hydrogens is 252 g/mol. The summed E-state index contributed by atoms with van der Waals surface area (Å²) in [6.45, 7) is 0. The second-order valence-electron chi connectivity index (χ2n) is 4.52. The van der Waals surface area contributed by atoms with E-state index in [0.717, 1.165) is 16.6 Å².